The lowest BCUT2D eigenvalue weighted by molar-refractivity contribution is 0.624. The molecule has 0 spiro atoms. The van der Waals surface area contributed by atoms with Gasteiger partial charge < -0.3 is 10.2 Å². The van der Waals surface area contributed by atoms with E-state index in [0.717, 1.165) is 13.1 Å². The third-order valence-corrected chi connectivity index (χ3v) is 3.95. The Labute approximate surface area is 131 Å². The summed E-state index contributed by atoms with van der Waals surface area (Å²) in [5, 5.41) is 3.48. The van der Waals surface area contributed by atoms with E-state index in [-0.39, 0.29) is 0 Å². The maximum Gasteiger partial charge on any atom is 0.0398 e. The molecule has 0 amide bonds. The zero-order valence-electron chi connectivity index (χ0n) is 14.7. The Hall–Kier alpha value is -1.02. The Morgan fingerprint density at radius 1 is 1.10 bits per heavy atom. The molecule has 0 saturated carbocycles. The van der Waals surface area contributed by atoms with Crippen LogP contribution in [0.1, 0.15) is 64.5 Å². The highest BCUT2D eigenvalue weighted by Gasteiger charge is 2.12. The van der Waals surface area contributed by atoms with Crippen LogP contribution in [-0.2, 0) is 6.54 Å². The minimum absolute atomic E-state index is 0.560. The van der Waals surface area contributed by atoms with Crippen molar-refractivity contribution in [1.82, 2.24) is 5.32 Å². The quantitative estimate of drug-likeness (QED) is 0.617. The second-order valence-electron chi connectivity index (χ2n) is 6.29. The minimum Gasteiger partial charge on any atom is -0.369 e. The maximum absolute atomic E-state index is 3.48. The van der Waals surface area contributed by atoms with Gasteiger partial charge in [-0.25, -0.2) is 0 Å². The number of hydrogen-bond donors (Lipinski definition) is 1. The van der Waals surface area contributed by atoms with Crippen molar-refractivity contribution in [3.8, 4) is 0 Å². The van der Waals surface area contributed by atoms with Gasteiger partial charge in [0.2, 0.25) is 0 Å². The first-order valence-electron chi connectivity index (χ1n) is 8.67. The predicted molar refractivity (Wildman–Crippen MR) is 95.2 cm³/mol. The fourth-order valence-electron chi connectivity index (χ4n) is 2.75. The summed E-state index contributed by atoms with van der Waals surface area (Å²) in [4.78, 5) is 2.55. The van der Waals surface area contributed by atoms with Crippen molar-refractivity contribution in [2.75, 3.05) is 18.0 Å². The molecule has 0 atom stereocenters. The molecule has 0 aromatic heterocycles. The molecule has 0 bridgehead atoms. The summed E-state index contributed by atoms with van der Waals surface area (Å²) in [7, 11) is 0. The van der Waals surface area contributed by atoms with E-state index in [2.05, 4.69) is 63.0 Å². The van der Waals surface area contributed by atoms with Gasteiger partial charge in [0.25, 0.3) is 0 Å². The number of unbranched alkanes of at least 4 members (excludes halogenated alkanes) is 2. The molecule has 0 aliphatic heterocycles. The van der Waals surface area contributed by atoms with Crippen molar-refractivity contribution in [3.05, 3.63) is 29.3 Å². The zero-order chi connectivity index (χ0) is 15.7. The Bertz CT molecular complexity index is 399. The zero-order valence-corrected chi connectivity index (χ0v) is 14.7. The van der Waals surface area contributed by atoms with Gasteiger partial charge in [0.15, 0.2) is 0 Å². The lowest BCUT2D eigenvalue weighted by atomic mass is 10.1. The SMILES string of the molecule is CCCCCN(c1ccc(CNCCC)cc1C)C(C)C. The van der Waals surface area contributed by atoms with Crippen LogP contribution < -0.4 is 10.2 Å². The first kappa shape index (κ1) is 18.0. The smallest absolute Gasteiger partial charge is 0.0398 e. The number of nitrogens with one attached hydrogen (secondary N) is 1. The van der Waals surface area contributed by atoms with Gasteiger partial charge in [-0.15, -0.1) is 0 Å². The van der Waals surface area contributed by atoms with Crippen molar-refractivity contribution >= 4 is 5.69 Å². The molecule has 2 nitrogen and oxygen atoms in total. The Balaban J connectivity index is 2.74. The van der Waals surface area contributed by atoms with Crippen LogP contribution in [0.3, 0.4) is 0 Å². The molecule has 0 aliphatic carbocycles. The first-order valence-corrected chi connectivity index (χ1v) is 8.67. The Morgan fingerprint density at radius 2 is 1.86 bits per heavy atom. The molecule has 1 rings (SSSR count). The van der Waals surface area contributed by atoms with Gasteiger partial charge in [-0.2, -0.15) is 0 Å². The van der Waals surface area contributed by atoms with Crippen molar-refractivity contribution < 1.29 is 0 Å². The summed E-state index contributed by atoms with van der Waals surface area (Å²) in [5.74, 6) is 0. The van der Waals surface area contributed by atoms with E-state index >= 15 is 0 Å². The van der Waals surface area contributed by atoms with Gasteiger partial charge in [0, 0.05) is 24.8 Å². The molecule has 0 heterocycles. The summed E-state index contributed by atoms with van der Waals surface area (Å²) < 4.78 is 0. The van der Waals surface area contributed by atoms with E-state index in [1.807, 2.05) is 0 Å². The molecule has 1 aromatic carbocycles. The molecule has 2 heteroatoms. The summed E-state index contributed by atoms with van der Waals surface area (Å²) in [6.07, 6.45) is 5.08. The molecule has 0 aliphatic rings. The fourth-order valence-corrected chi connectivity index (χ4v) is 2.75. The van der Waals surface area contributed by atoms with Crippen LogP contribution in [-0.4, -0.2) is 19.1 Å². The Kier molecular flexibility index (Phi) is 8.44. The average molecular weight is 290 g/mol. The molecule has 120 valence electrons. The fraction of sp³-hybridized carbons (Fsp3) is 0.684. The van der Waals surface area contributed by atoms with Crippen LogP contribution in [0.25, 0.3) is 0 Å². The van der Waals surface area contributed by atoms with Crippen molar-refractivity contribution in [2.24, 2.45) is 0 Å². The second-order valence-corrected chi connectivity index (χ2v) is 6.29. The van der Waals surface area contributed by atoms with Crippen molar-refractivity contribution in [3.63, 3.8) is 0 Å². The molecule has 21 heavy (non-hydrogen) atoms. The second kappa shape index (κ2) is 9.83. The van der Waals surface area contributed by atoms with Gasteiger partial charge in [-0.3, -0.25) is 0 Å². The summed E-state index contributed by atoms with van der Waals surface area (Å²) in [6.45, 7) is 14.5. The number of aryl methyl sites for hydroxylation is 1. The van der Waals surface area contributed by atoms with Crippen LogP contribution >= 0.6 is 0 Å². The summed E-state index contributed by atoms with van der Waals surface area (Å²) >= 11 is 0. The van der Waals surface area contributed by atoms with E-state index < -0.39 is 0 Å². The highest BCUT2D eigenvalue weighted by molar-refractivity contribution is 5.55. The molecular weight excluding hydrogens is 256 g/mol. The molecule has 1 N–H and O–H groups in total. The molecule has 0 fully saturated rings. The maximum atomic E-state index is 3.48. The van der Waals surface area contributed by atoms with E-state index in [1.54, 1.807) is 0 Å². The van der Waals surface area contributed by atoms with Gasteiger partial charge in [-0.1, -0.05) is 38.8 Å². The number of benzene rings is 1. The van der Waals surface area contributed by atoms with E-state index in [1.165, 1.54) is 49.0 Å². The standard InChI is InChI=1S/C19H34N2/c1-6-8-9-13-21(16(3)4)19-11-10-18(14-17(19)5)15-20-12-7-2/h10-11,14,16,20H,6-9,12-13,15H2,1-5H3. The van der Waals surface area contributed by atoms with Crippen LogP contribution in [0.4, 0.5) is 5.69 Å². The highest BCUT2D eigenvalue weighted by atomic mass is 15.1. The van der Waals surface area contributed by atoms with Gasteiger partial charge in [0.1, 0.15) is 0 Å². The first-order chi connectivity index (χ1) is 10.1. The normalized spacial score (nSPS) is 11.1. The van der Waals surface area contributed by atoms with E-state index in [4.69, 9.17) is 0 Å². The number of nitrogens with zero attached hydrogens (tertiary/aromatic N) is 1. The van der Waals surface area contributed by atoms with Crippen LogP contribution in [0.2, 0.25) is 0 Å². The van der Waals surface area contributed by atoms with Crippen LogP contribution in [0, 0.1) is 6.92 Å². The van der Waals surface area contributed by atoms with Gasteiger partial charge >= 0.3 is 0 Å². The van der Waals surface area contributed by atoms with Crippen LogP contribution in [0.5, 0.6) is 0 Å². The van der Waals surface area contributed by atoms with Gasteiger partial charge in [-0.05, 0) is 57.4 Å². The lowest BCUT2D eigenvalue weighted by Crippen LogP contribution is -2.32. The predicted octanol–water partition coefficient (Wildman–Crippen LogP) is 4.90. The monoisotopic (exact) mass is 290 g/mol. The molecule has 0 unspecified atom stereocenters. The van der Waals surface area contributed by atoms with E-state index in [0.29, 0.717) is 6.04 Å². The number of rotatable bonds is 10. The minimum atomic E-state index is 0.560. The number of hydrogen-bond acceptors (Lipinski definition) is 2. The van der Waals surface area contributed by atoms with E-state index in [9.17, 15) is 0 Å². The largest absolute Gasteiger partial charge is 0.369 e. The number of anilines is 1. The average Bonchev–Trinajstić information content (AvgIpc) is 2.45. The molecule has 0 radical (unpaired) electrons. The lowest BCUT2D eigenvalue weighted by Gasteiger charge is -2.31. The molecule has 0 saturated heterocycles. The van der Waals surface area contributed by atoms with Crippen molar-refractivity contribution in [1.29, 1.82) is 0 Å². The van der Waals surface area contributed by atoms with Gasteiger partial charge in [0.05, 0.1) is 0 Å². The highest BCUT2D eigenvalue weighted by Crippen LogP contribution is 2.24. The topological polar surface area (TPSA) is 15.3 Å². The third-order valence-electron chi connectivity index (χ3n) is 3.95. The molecular formula is C19H34N2. The summed E-state index contributed by atoms with van der Waals surface area (Å²) in [6, 6.07) is 7.49. The third kappa shape index (κ3) is 6.09. The Morgan fingerprint density at radius 3 is 2.43 bits per heavy atom. The van der Waals surface area contributed by atoms with Crippen molar-refractivity contribution in [2.45, 2.75) is 72.9 Å². The van der Waals surface area contributed by atoms with Crippen LogP contribution in [0.15, 0.2) is 18.2 Å². The summed E-state index contributed by atoms with van der Waals surface area (Å²) in [5.41, 5.74) is 4.19. The molecule has 1 aromatic rings.